The standard InChI is InChI=1S/C10H13ClN2O/c1-7-2-3-9(8(11)6-7)14-5-4-10(12)13/h2-3,6H,4-5H2,1H3,(H3,12,13). The molecule has 3 nitrogen and oxygen atoms in total. The molecule has 0 aliphatic heterocycles. The fraction of sp³-hybridized carbons (Fsp3) is 0.300. The fourth-order valence-electron chi connectivity index (χ4n) is 0.994. The molecular weight excluding hydrogens is 200 g/mol. The quantitative estimate of drug-likeness (QED) is 0.595. The van der Waals surface area contributed by atoms with Gasteiger partial charge in [-0.25, -0.2) is 0 Å². The van der Waals surface area contributed by atoms with Crippen LogP contribution < -0.4 is 10.5 Å². The van der Waals surface area contributed by atoms with Crippen LogP contribution >= 0.6 is 11.6 Å². The summed E-state index contributed by atoms with van der Waals surface area (Å²) in [5.41, 5.74) is 6.28. The third-order valence-corrected chi connectivity index (χ3v) is 2.01. The first-order valence-corrected chi connectivity index (χ1v) is 4.69. The highest BCUT2D eigenvalue weighted by atomic mass is 35.5. The van der Waals surface area contributed by atoms with Gasteiger partial charge >= 0.3 is 0 Å². The summed E-state index contributed by atoms with van der Waals surface area (Å²) in [6.07, 6.45) is 0.421. The highest BCUT2D eigenvalue weighted by Crippen LogP contribution is 2.24. The Balaban J connectivity index is 2.55. The summed E-state index contributed by atoms with van der Waals surface area (Å²) in [5.74, 6) is 0.756. The molecule has 1 aromatic carbocycles. The Hall–Kier alpha value is -1.22. The van der Waals surface area contributed by atoms with Gasteiger partial charge in [-0.3, -0.25) is 5.41 Å². The Kier molecular flexibility index (Phi) is 3.77. The normalized spacial score (nSPS) is 9.86. The van der Waals surface area contributed by atoms with Gasteiger partial charge in [0.1, 0.15) is 5.75 Å². The molecule has 0 heterocycles. The maximum absolute atomic E-state index is 7.01. The summed E-state index contributed by atoms with van der Waals surface area (Å²) in [7, 11) is 0. The van der Waals surface area contributed by atoms with Crippen molar-refractivity contribution in [2.45, 2.75) is 13.3 Å². The zero-order valence-corrected chi connectivity index (χ0v) is 8.77. The average Bonchev–Trinajstić information content (AvgIpc) is 2.08. The average molecular weight is 213 g/mol. The molecule has 0 aliphatic rings. The lowest BCUT2D eigenvalue weighted by molar-refractivity contribution is 0.329. The van der Waals surface area contributed by atoms with Crippen LogP contribution in [0.15, 0.2) is 18.2 Å². The maximum atomic E-state index is 7.01. The van der Waals surface area contributed by atoms with E-state index >= 15 is 0 Å². The molecule has 14 heavy (non-hydrogen) atoms. The van der Waals surface area contributed by atoms with Crippen LogP contribution in [0.1, 0.15) is 12.0 Å². The van der Waals surface area contributed by atoms with E-state index < -0.39 is 0 Å². The molecule has 1 aromatic rings. The van der Waals surface area contributed by atoms with Crippen molar-refractivity contribution < 1.29 is 4.74 Å². The van der Waals surface area contributed by atoms with Crippen LogP contribution in [0.25, 0.3) is 0 Å². The Morgan fingerprint density at radius 3 is 2.86 bits per heavy atom. The molecule has 0 atom stereocenters. The molecule has 0 bridgehead atoms. The zero-order chi connectivity index (χ0) is 10.6. The number of ether oxygens (including phenoxy) is 1. The number of rotatable bonds is 4. The predicted octanol–water partition coefficient (Wildman–Crippen LogP) is 2.35. The molecule has 0 radical (unpaired) electrons. The van der Waals surface area contributed by atoms with Gasteiger partial charge in [-0.15, -0.1) is 0 Å². The highest BCUT2D eigenvalue weighted by Gasteiger charge is 2.01. The topological polar surface area (TPSA) is 59.1 Å². The number of benzene rings is 1. The fourth-order valence-corrected chi connectivity index (χ4v) is 1.28. The first-order chi connectivity index (χ1) is 6.59. The molecule has 0 spiro atoms. The SMILES string of the molecule is Cc1ccc(OCCC(=N)N)c(Cl)c1. The third kappa shape index (κ3) is 3.26. The van der Waals surface area contributed by atoms with Crippen LogP contribution in [-0.2, 0) is 0 Å². The van der Waals surface area contributed by atoms with E-state index in [1.807, 2.05) is 25.1 Å². The van der Waals surface area contributed by atoms with Gasteiger partial charge in [0.2, 0.25) is 0 Å². The van der Waals surface area contributed by atoms with Crippen molar-refractivity contribution >= 4 is 17.4 Å². The lowest BCUT2D eigenvalue weighted by atomic mass is 10.2. The smallest absolute Gasteiger partial charge is 0.137 e. The van der Waals surface area contributed by atoms with E-state index in [0.717, 1.165) is 5.56 Å². The number of hydrogen-bond donors (Lipinski definition) is 2. The van der Waals surface area contributed by atoms with Gasteiger partial charge in [-0.2, -0.15) is 0 Å². The minimum atomic E-state index is 0.119. The van der Waals surface area contributed by atoms with Crippen molar-refractivity contribution in [3.05, 3.63) is 28.8 Å². The number of halogens is 1. The van der Waals surface area contributed by atoms with E-state index in [0.29, 0.717) is 23.8 Å². The molecule has 0 aromatic heterocycles. The second-order valence-electron chi connectivity index (χ2n) is 3.06. The van der Waals surface area contributed by atoms with Gasteiger partial charge in [0.15, 0.2) is 0 Å². The summed E-state index contributed by atoms with van der Waals surface area (Å²) in [4.78, 5) is 0. The summed E-state index contributed by atoms with van der Waals surface area (Å²) < 4.78 is 5.35. The van der Waals surface area contributed by atoms with Gasteiger partial charge in [0, 0.05) is 6.42 Å². The summed E-state index contributed by atoms with van der Waals surface area (Å²) in [6.45, 7) is 2.35. The van der Waals surface area contributed by atoms with Crippen molar-refractivity contribution in [1.82, 2.24) is 0 Å². The van der Waals surface area contributed by atoms with E-state index in [1.54, 1.807) is 0 Å². The largest absolute Gasteiger partial charge is 0.492 e. The summed E-state index contributed by atoms with van der Waals surface area (Å²) in [6, 6.07) is 5.58. The maximum Gasteiger partial charge on any atom is 0.137 e. The van der Waals surface area contributed by atoms with Crippen LogP contribution in [0.5, 0.6) is 5.75 Å². The molecule has 0 aliphatic carbocycles. The number of nitrogens with one attached hydrogen (secondary N) is 1. The van der Waals surface area contributed by atoms with E-state index in [4.69, 9.17) is 27.5 Å². The summed E-state index contributed by atoms with van der Waals surface area (Å²) >= 11 is 5.93. The van der Waals surface area contributed by atoms with Crippen LogP contribution in [0.3, 0.4) is 0 Å². The Bertz CT molecular complexity index is 339. The molecule has 0 saturated carbocycles. The molecule has 4 heteroatoms. The minimum Gasteiger partial charge on any atom is -0.492 e. The second-order valence-corrected chi connectivity index (χ2v) is 3.46. The molecule has 76 valence electrons. The van der Waals surface area contributed by atoms with E-state index in [1.165, 1.54) is 0 Å². The van der Waals surface area contributed by atoms with Gasteiger partial charge in [0.05, 0.1) is 17.5 Å². The molecule has 0 unspecified atom stereocenters. The van der Waals surface area contributed by atoms with Gasteiger partial charge < -0.3 is 10.5 Å². The van der Waals surface area contributed by atoms with Crippen LogP contribution in [-0.4, -0.2) is 12.4 Å². The molecular formula is C10H13ClN2O. The van der Waals surface area contributed by atoms with Crippen molar-refractivity contribution in [2.75, 3.05) is 6.61 Å². The monoisotopic (exact) mass is 212 g/mol. The lowest BCUT2D eigenvalue weighted by Gasteiger charge is -2.07. The Morgan fingerprint density at radius 1 is 1.57 bits per heavy atom. The van der Waals surface area contributed by atoms with E-state index in [9.17, 15) is 0 Å². The first-order valence-electron chi connectivity index (χ1n) is 4.31. The third-order valence-electron chi connectivity index (χ3n) is 1.72. The van der Waals surface area contributed by atoms with Gasteiger partial charge in [-0.05, 0) is 24.6 Å². The van der Waals surface area contributed by atoms with Gasteiger partial charge in [0.25, 0.3) is 0 Å². The lowest BCUT2D eigenvalue weighted by Crippen LogP contribution is -2.13. The van der Waals surface area contributed by atoms with E-state index in [2.05, 4.69) is 0 Å². The minimum absolute atomic E-state index is 0.119. The molecule has 1 rings (SSSR count). The molecule has 0 saturated heterocycles. The molecule has 0 amide bonds. The predicted molar refractivity (Wildman–Crippen MR) is 58.2 cm³/mol. The molecule has 3 N–H and O–H groups in total. The number of aryl methyl sites for hydroxylation is 1. The van der Waals surface area contributed by atoms with Crippen LogP contribution in [0.4, 0.5) is 0 Å². The number of nitrogens with two attached hydrogens (primary N) is 1. The van der Waals surface area contributed by atoms with Crippen molar-refractivity contribution in [2.24, 2.45) is 5.73 Å². The van der Waals surface area contributed by atoms with Crippen LogP contribution in [0, 0.1) is 12.3 Å². The van der Waals surface area contributed by atoms with Crippen molar-refractivity contribution in [1.29, 1.82) is 5.41 Å². The number of hydrogen-bond acceptors (Lipinski definition) is 2. The first kappa shape index (κ1) is 10.9. The Labute approximate surface area is 88.3 Å². The number of amidine groups is 1. The zero-order valence-electron chi connectivity index (χ0n) is 8.01. The van der Waals surface area contributed by atoms with E-state index in [-0.39, 0.29) is 5.84 Å². The highest BCUT2D eigenvalue weighted by molar-refractivity contribution is 6.32. The van der Waals surface area contributed by atoms with Crippen LogP contribution in [0.2, 0.25) is 5.02 Å². The second kappa shape index (κ2) is 4.86. The molecule has 0 fully saturated rings. The van der Waals surface area contributed by atoms with Crippen molar-refractivity contribution in [3.63, 3.8) is 0 Å². The summed E-state index contributed by atoms with van der Waals surface area (Å²) in [5, 5.41) is 7.60. The van der Waals surface area contributed by atoms with Gasteiger partial charge in [-0.1, -0.05) is 17.7 Å². The Morgan fingerprint density at radius 2 is 2.29 bits per heavy atom. The van der Waals surface area contributed by atoms with Crippen molar-refractivity contribution in [3.8, 4) is 5.75 Å².